The van der Waals surface area contributed by atoms with Crippen LogP contribution in [-0.4, -0.2) is 28.9 Å². The lowest BCUT2D eigenvalue weighted by Crippen LogP contribution is -2.36. The zero-order chi connectivity index (χ0) is 16.7. The van der Waals surface area contributed by atoms with Gasteiger partial charge in [0.15, 0.2) is 0 Å². The summed E-state index contributed by atoms with van der Waals surface area (Å²) in [6, 6.07) is 6.14. The van der Waals surface area contributed by atoms with Gasteiger partial charge in [0.2, 0.25) is 0 Å². The molecule has 0 bridgehead atoms. The SMILES string of the molecule is COC1=CC=CC(C2c3[nH]c4ccc(Br)cc4c3CCN2O)C=C1. The van der Waals surface area contributed by atoms with Gasteiger partial charge in [-0.3, -0.25) is 0 Å². The molecule has 0 spiro atoms. The minimum atomic E-state index is -0.128. The lowest BCUT2D eigenvalue weighted by Gasteiger charge is -2.34. The van der Waals surface area contributed by atoms with E-state index in [4.69, 9.17) is 4.74 Å². The van der Waals surface area contributed by atoms with Crippen LogP contribution in [0.5, 0.6) is 0 Å². The molecule has 1 aromatic carbocycles. The Labute approximate surface area is 149 Å². The molecule has 1 aromatic heterocycles. The van der Waals surface area contributed by atoms with Crippen molar-refractivity contribution in [2.45, 2.75) is 12.5 Å². The van der Waals surface area contributed by atoms with Crippen molar-refractivity contribution < 1.29 is 9.94 Å². The fourth-order valence-corrected chi connectivity index (χ4v) is 3.98. The molecular formula is C19H19BrN2O2. The lowest BCUT2D eigenvalue weighted by molar-refractivity contribution is -0.140. The van der Waals surface area contributed by atoms with Gasteiger partial charge in [0.05, 0.1) is 13.2 Å². The molecule has 2 aromatic rings. The summed E-state index contributed by atoms with van der Waals surface area (Å²) in [7, 11) is 1.66. The van der Waals surface area contributed by atoms with Gasteiger partial charge in [0.25, 0.3) is 0 Å². The predicted molar refractivity (Wildman–Crippen MR) is 97.8 cm³/mol. The summed E-state index contributed by atoms with van der Waals surface area (Å²) in [4.78, 5) is 3.53. The molecular weight excluding hydrogens is 368 g/mol. The van der Waals surface area contributed by atoms with E-state index in [0.717, 1.165) is 27.9 Å². The summed E-state index contributed by atoms with van der Waals surface area (Å²) in [6.45, 7) is 0.625. The van der Waals surface area contributed by atoms with Crippen molar-refractivity contribution in [3.63, 3.8) is 0 Å². The molecule has 4 nitrogen and oxygen atoms in total. The second kappa shape index (κ2) is 6.24. The second-order valence-electron chi connectivity index (χ2n) is 6.16. The molecule has 0 saturated heterocycles. The van der Waals surface area contributed by atoms with Crippen LogP contribution in [0.4, 0.5) is 0 Å². The van der Waals surface area contributed by atoms with Gasteiger partial charge in [-0.05, 0) is 42.3 Å². The maximum absolute atomic E-state index is 10.6. The number of hydroxylamine groups is 2. The van der Waals surface area contributed by atoms with Gasteiger partial charge in [-0.15, -0.1) is 0 Å². The number of rotatable bonds is 2. The Morgan fingerprint density at radius 1 is 1.33 bits per heavy atom. The number of nitrogens with zero attached hydrogens (tertiary/aromatic N) is 1. The molecule has 1 aliphatic carbocycles. The molecule has 0 amide bonds. The van der Waals surface area contributed by atoms with Crippen LogP contribution in [0, 0.1) is 5.92 Å². The van der Waals surface area contributed by atoms with Crippen LogP contribution in [0.2, 0.25) is 0 Å². The fourth-order valence-electron chi connectivity index (χ4n) is 3.62. The number of halogens is 1. The van der Waals surface area contributed by atoms with Crippen molar-refractivity contribution in [3.8, 4) is 0 Å². The highest BCUT2D eigenvalue weighted by Crippen LogP contribution is 2.39. The minimum absolute atomic E-state index is 0.0643. The summed E-state index contributed by atoms with van der Waals surface area (Å²) in [5.41, 5.74) is 3.50. The first kappa shape index (κ1) is 15.7. The van der Waals surface area contributed by atoms with Crippen LogP contribution in [0.3, 0.4) is 0 Å². The third kappa shape index (κ3) is 2.62. The van der Waals surface area contributed by atoms with Crippen molar-refractivity contribution >= 4 is 26.8 Å². The summed E-state index contributed by atoms with van der Waals surface area (Å²) in [5, 5.41) is 13.2. The number of H-pyrrole nitrogens is 1. The van der Waals surface area contributed by atoms with E-state index in [2.05, 4.69) is 45.2 Å². The standard InChI is InChI=1S/C19H19BrN2O2/c1-24-14-4-2-3-12(5-7-14)19-18-15(9-10-22(19)23)16-11-13(20)6-8-17(16)21-18/h2-8,11-12,19,21,23H,9-10H2,1H3. The molecule has 2 aliphatic rings. The van der Waals surface area contributed by atoms with E-state index >= 15 is 0 Å². The first-order valence-electron chi connectivity index (χ1n) is 8.03. The molecule has 2 N–H and O–H groups in total. The quantitative estimate of drug-likeness (QED) is 0.798. The van der Waals surface area contributed by atoms with Gasteiger partial charge in [-0.25, -0.2) is 0 Å². The minimum Gasteiger partial charge on any atom is -0.497 e. The molecule has 0 radical (unpaired) electrons. The van der Waals surface area contributed by atoms with E-state index < -0.39 is 0 Å². The van der Waals surface area contributed by atoms with Gasteiger partial charge >= 0.3 is 0 Å². The molecule has 24 heavy (non-hydrogen) atoms. The number of hydrogen-bond donors (Lipinski definition) is 2. The Hall–Kier alpha value is -1.82. The molecule has 124 valence electrons. The molecule has 2 atom stereocenters. The van der Waals surface area contributed by atoms with Gasteiger partial charge in [0.1, 0.15) is 5.76 Å². The Kier molecular flexibility index (Phi) is 4.08. The van der Waals surface area contributed by atoms with Crippen LogP contribution in [0.15, 0.2) is 58.8 Å². The fraction of sp³-hybridized carbons (Fsp3) is 0.263. The van der Waals surface area contributed by atoms with Crippen LogP contribution < -0.4 is 0 Å². The first-order chi connectivity index (χ1) is 11.7. The van der Waals surface area contributed by atoms with Gasteiger partial charge in [-0.1, -0.05) is 34.2 Å². The normalized spacial score (nSPS) is 23.9. The molecule has 2 heterocycles. The third-order valence-electron chi connectivity index (χ3n) is 4.79. The van der Waals surface area contributed by atoms with E-state index in [9.17, 15) is 5.21 Å². The number of methoxy groups -OCH3 is 1. The summed E-state index contributed by atoms with van der Waals surface area (Å²) < 4.78 is 6.37. The van der Waals surface area contributed by atoms with Crippen LogP contribution in [-0.2, 0) is 11.2 Å². The zero-order valence-electron chi connectivity index (χ0n) is 13.4. The first-order valence-corrected chi connectivity index (χ1v) is 8.83. The monoisotopic (exact) mass is 386 g/mol. The van der Waals surface area contributed by atoms with Crippen molar-refractivity contribution in [1.29, 1.82) is 0 Å². The van der Waals surface area contributed by atoms with E-state index in [1.54, 1.807) is 7.11 Å². The zero-order valence-corrected chi connectivity index (χ0v) is 15.0. The highest BCUT2D eigenvalue weighted by Gasteiger charge is 2.33. The summed E-state index contributed by atoms with van der Waals surface area (Å²) in [6.07, 6.45) is 10.9. The molecule has 0 saturated carbocycles. The third-order valence-corrected chi connectivity index (χ3v) is 5.28. The van der Waals surface area contributed by atoms with E-state index in [1.807, 2.05) is 24.3 Å². The number of allylic oxidation sites excluding steroid dienone is 3. The van der Waals surface area contributed by atoms with Crippen LogP contribution in [0.25, 0.3) is 10.9 Å². The van der Waals surface area contributed by atoms with Gasteiger partial charge in [0, 0.05) is 33.5 Å². The maximum atomic E-state index is 10.6. The second-order valence-corrected chi connectivity index (χ2v) is 7.08. The molecule has 1 aliphatic heterocycles. The summed E-state index contributed by atoms with van der Waals surface area (Å²) in [5.74, 6) is 0.879. The average molecular weight is 387 g/mol. The summed E-state index contributed by atoms with van der Waals surface area (Å²) >= 11 is 3.56. The largest absolute Gasteiger partial charge is 0.497 e. The smallest absolute Gasteiger partial charge is 0.118 e. The number of ether oxygens (including phenoxy) is 1. The molecule has 5 heteroatoms. The lowest BCUT2D eigenvalue weighted by atomic mass is 9.89. The number of benzene rings is 1. The topological polar surface area (TPSA) is 48.5 Å². The molecule has 2 unspecified atom stereocenters. The van der Waals surface area contributed by atoms with Crippen molar-refractivity contribution in [1.82, 2.24) is 10.0 Å². The Morgan fingerprint density at radius 3 is 3.04 bits per heavy atom. The van der Waals surface area contributed by atoms with Crippen molar-refractivity contribution in [3.05, 3.63) is 70.1 Å². The van der Waals surface area contributed by atoms with Crippen molar-refractivity contribution in [2.24, 2.45) is 5.92 Å². The van der Waals surface area contributed by atoms with Crippen LogP contribution in [0.1, 0.15) is 17.3 Å². The average Bonchev–Trinajstić information content (AvgIpc) is 2.77. The van der Waals surface area contributed by atoms with E-state index in [1.165, 1.54) is 16.0 Å². The van der Waals surface area contributed by atoms with Gasteiger partial charge in [-0.2, -0.15) is 5.06 Å². The number of aromatic nitrogens is 1. The highest BCUT2D eigenvalue weighted by molar-refractivity contribution is 9.10. The van der Waals surface area contributed by atoms with E-state index in [-0.39, 0.29) is 12.0 Å². The number of nitrogens with one attached hydrogen (secondary N) is 1. The van der Waals surface area contributed by atoms with E-state index in [0.29, 0.717) is 6.54 Å². The maximum Gasteiger partial charge on any atom is 0.118 e. The highest BCUT2D eigenvalue weighted by atomic mass is 79.9. The molecule has 0 fully saturated rings. The number of hydrogen-bond acceptors (Lipinski definition) is 3. The Bertz CT molecular complexity index is 866. The predicted octanol–water partition coefficient (Wildman–Crippen LogP) is 4.49. The van der Waals surface area contributed by atoms with Crippen LogP contribution >= 0.6 is 15.9 Å². The number of fused-ring (bicyclic) bond motifs is 3. The van der Waals surface area contributed by atoms with Crippen molar-refractivity contribution in [2.75, 3.05) is 13.7 Å². The van der Waals surface area contributed by atoms with Gasteiger partial charge < -0.3 is 14.9 Å². The molecule has 4 rings (SSSR count). The number of aromatic amines is 1. The Morgan fingerprint density at radius 2 is 2.21 bits per heavy atom. The Balaban J connectivity index is 1.79.